The van der Waals surface area contributed by atoms with Crippen LogP contribution in [0.15, 0.2) is 18.3 Å². The van der Waals surface area contributed by atoms with E-state index >= 15 is 0 Å². The van der Waals surface area contributed by atoms with E-state index in [2.05, 4.69) is 29.8 Å². The van der Waals surface area contributed by atoms with Crippen LogP contribution >= 0.6 is 11.6 Å². The molecule has 0 unspecified atom stereocenters. The van der Waals surface area contributed by atoms with Crippen molar-refractivity contribution >= 4 is 11.6 Å². The van der Waals surface area contributed by atoms with E-state index in [0.717, 1.165) is 12.1 Å². The first-order chi connectivity index (χ1) is 8.19. The third-order valence-corrected chi connectivity index (χ3v) is 4.59. The summed E-state index contributed by atoms with van der Waals surface area (Å²) in [5.41, 5.74) is 1.69. The second kappa shape index (κ2) is 5.36. The Bertz CT molecular complexity index is 374. The first kappa shape index (κ1) is 12.8. The molecule has 0 aliphatic carbocycles. The van der Waals surface area contributed by atoms with Crippen molar-refractivity contribution < 1.29 is 0 Å². The zero-order valence-corrected chi connectivity index (χ0v) is 11.5. The van der Waals surface area contributed by atoms with Crippen LogP contribution in [0.5, 0.6) is 0 Å². The zero-order valence-electron chi connectivity index (χ0n) is 10.7. The summed E-state index contributed by atoms with van der Waals surface area (Å²) in [6.45, 7) is 7.95. The summed E-state index contributed by atoms with van der Waals surface area (Å²) >= 11 is 6.10. The lowest BCUT2D eigenvalue weighted by Crippen LogP contribution is -2.26. The summed E-state index contributed by atoms with van der Waals surface area (Å²) in [6, 6.07) is 4.04. The van der Waals surface area contributed by atoms with Crippen LogP contribution in [0.4, 0.5) is 0 Å². The van der Waals surface area contributed by atoms with E-state index in [1.165, 1.54) is 32.4 Å². The van der Waals surface area contributed by atoms with Crippen LogP contribution in [0.2, 0.25) is 5.15 Å². The minimum atomic E-state index is 0.536. The molecule has 0 aromatic carbocycles. The van der Waals surface area contributed by atoms with Gasteiger partial charge < -0.3 is 0 Å². The smallest absolute Gasteiger partial charge is 0.133 e. The van der Waals surface area contributed by atoms with E-state index in [0.29, 0.717) is 10.6 Å². The molecule has 0 saturated carbocycles. The SMILES string of the molecule is CCC1(CC)CCN(Cc2cccnc2Cl)C1. The predicted molar refractivity (Wildman–Crippen MR) is 72.2 cm³/mol. The van der Waals surface area contributed by atoms with Crippen molar-refractivity contribution in [1.29, 1.82) is 0 Å². The topological polar surface area (TPSA) is 16.1 Å². The molecule has 2 nitrogen and oxygen atoms in total. The summed E-state index contributed by atoms with van der Waals surface area (Å²) in [4.78, 5) is 6.65. The van der Waals surface area contributed by atoms with Crippen molar-refractivity contribution in [3.05, 3.63) is 29.0 Å². The molecule has 1 fully saturated rings. The Hall–Kier alpha value is -0.600. The van der Waals surface area contributed by atoms with Gasteiger partial charge in [0.2, 0.25) is 0 Å². The maximum Gasteiger partial charge on any atom is 0.133 e. The van der Waals surface area contributed by atoms with Crippen LogP contribution in [0.1, 0.15) is 38.7 Å². The van der Waals surface area contributed by atoms with Gasteiger partial charge in [0.1, 0.15) is 5.15 Å². The van der Waals surface area contributed by atoms with Crippen LogP contribution in [-0.4, -0.2) is 23.0 Å². The summed E-state index contributed by atoms with van der Waals surface area (Å²) in [5.74, 6) is 0. The van der Waals surface area contributed by atoms with Crippen LogP contribution in [0.3, 0.4) is 0 Å². The Balaban J connectivity index is 2.01. The van der Waals surface area contributed by atoms with Crippen LogP contribution in [-0.2, 0) is 6.54 Å². The standard InChI is InChI=1S/C14H21ClN2/c1-3-14(4-2)7-9-17(11-14)10-12-6-5-8-16-13(12)15/h5-6,8H,3-4,7,9-11H2,1-2H3. The largest absolute Gasteiger partial charge is 0.298 e. The Morgan fingerprint density at radius 2 is 2.18 bits per heavy atom. The summed E-state index contributed by atoms with van der Waals surface area (Å²) in [6.07, 6.45) is 5.62. The molecule has 0 radical (unpaired) electrons. The third-order valence-electron chi connectivity index (χ3n) is 4.25. The monoisotopic (exact) mass is 252 g/mol. The van der Waals surface area contributed by atoms with Gasteiger partial charge in [-0.05, 0) is 37.3 Å². The van der Waals surface area contributed by atoms with Crippen molar-refractivity contribution in [2.45, 2.75) is 39.7 Å². The number of likely N-dealkylation sites (tertiary alicyclic amines) is 1. The molecule has 2 heterocycles. The average molecular weight is 253 g/mol. The lowest BCUT2D eigenvalue weighted by atomic mass is 9.82. The quantitative estimate of drug-likeness (QED) is 0.759. The van der Waals surface area contributed by atoms with Crippen molar-refractivity contribution in [2.75, 3.05) is 13.1 Å². The second-order valence-corrected chi connectivity index (χ2v) is 5.48. The van der Waals surface area contributed by atoms with Gasteiger partial charge in [-0.2, -0.15) is 0 Å². The lowest BCUT2D eigenvalue weighted by Gasteiger charge is -2.26. The Labute approximate surface area is 109 Å². The minimum Gasteiger partial charge on any atom is -0.298 e. The van der Waals surface area contributed by atoms with Gasteiger partial charge in [0.15, 0.2) is 0 Å². The van der Waals surface area contributed by atoms with Gasteiger partial charge in [-0.15, -0.1) is 0 Å². The number of nitrogens with zero attached hydrogens (tertiary/aromatic N) is 2. The van der Waals surface area contributed by atoms with Gasteiger partial charge in [0, 0.05) is 24.8 Å². The highest BCUT2D eigenvalue weighted by Crippen LogP contribution is 2.37. The fraction of sp³-hybridized carbons (Fsp3) is 0.643. The molecule has 17 heavy (non-hydrogen) atoms. The van der Waals surface area contributed by atoms with Gasteiger partial charge in [-0.1, -0.05) is 31.5 Å². The Morgan fingerprint density at radius 1 is 1.41 bits per heavy atom. The maximum atomic E-state index is 6.10. The third kappa shape index (κ3) is 2.80. The number of aromatic nitrogens is 1. The molecule has 94 valence electrons. The molecular weight excluding hydrogens is 232 g/mol. The molecule has 0 amide bonds. The van der Waals surface area contributed by atoms with Gasteiger partial charge >= 0.3 is 0 Å². The number of pyridine rings is 1. The van der Waals surface area contributed by atoms with E-state index in [1.807, 2.05) is 6.07 Å². The molecule has 0 spiro atoms. The number of hydrogen-bond acceptors (Lipinski definition) is 2. The van der Waals surface area contributed by atoms with Gasteiger partial charge in [-0.25, -0.2) is 4.98 Å². The van der Waals surface area contributed by atoms with Gasteiger partial charge in [0.05, 0.1) is 0 Å². The Kier molecular flexibility index (Phi) is 4.05. The number of hydrogen-bond donors (Lipinski definition) is 0. The molecule has 1 aliphatic rings. The van der Waals surface area contributed by atoms with Crippen molar-refractivity contribution in [3.8, 4) is 0 Å². The highest BCUT2D eigenvalue weighted by Gasteiger charge is 2.34. The molecular formula is C14H21ClN2. The Morgan fingerprint density at radius 3 is 2.76 bits per heavy atom. The fourth-order valence-corrected chi connectivity index (χ4v) is 2.95. The fourth-order valence-electron chi connectivity index (χ4n) is 2.77. The molecule has 1 aromatic heterocycles. The van der Waals surface area contributed by atoms with E-state index in [-0.39, 0.29) is 0 Å². The molecule has 0 N–H and O–H groups in total. The molecule has 1 aromatic rings. The van der Waals surface area contributed by atoms with Crippen molar-refractivity contribution in [3.63, 3.8) is 0 Å². The number of rotatable bonds is 4. The predicted octanol–water partition coefficient (Wildman–Crippen LogP) is 3.75. The molecule has 3 heteroatoms. The van der Waals surface area contributed by atoms with Crippen molar-refractivity contribution in [2.24, 2.45) is 5.41 Å². The molecule has 0 atom stereocenters. The van der Waals surface area contributed by atoms with E-state index < -0.39 is 0 Å². The van der Waals surface area contributed by atoms with E-state index in [4.69, 9.17) is 11.6 Å². The molecule has 1 aliphatic heterocycles. The van der Waals surface area contributed by atoms with Gasteiger partial charge in [-0.3, -0.25) is 4.90 Å². The zero-order chi connectivity index (χ0) is 12.3. The molecule has 0 bridgehead atoms. The first-order valence-electron chi connectivity index (χ1n) is 6.51. The lowest BCUT2D eigenvalue weighted by molar-refractivity contribution is 0.236. The van der Waals surface area contributed by atoms with E-state index in [9.17, 15) is 0 Å². The molecule has 1 saturated heterocycles. The van der Waals surface area contributed by atoms with Gasteiger partial charge in [0.25, 0.3) is 0 Å². The van der Waals surface area contributed by atoms with Crippen LogP contribution < -0.4 is 0 Å². The second-order valence-electron chi connectivity index (χ2n) is 5.12. The summed E-state index contributed by atoms with van der Waals surface area (Å²) in [5, 5.41) is 0.651. The highest BCUT2D eigenvalue weighted by molar-refractivity contribution is 6.30. The normalized spacial score (nSPS) is 19.7. The van der Waals surface area contributed by atoms with Crippen molar-refractivity contribution in [1.82, 2.24) is 9.88 Å². The molecule has 2 rings (SSSR count). The minimum absolute atomic E-state index is 0.536. The first-order valence-corrected chi connectivity index (χ1v) is 6.88. The van der Waals surface area contributed by atoms with Crippen LogP contribution in [0, 0.1) is 5.41 Å². The highest BCUT2D eigenvalue weighted by atomic mass is 35.5. The van der Waals surface area contributed by atoms with E-state index in [1.54, 1.807) is 6.20 Å². The average Bonchev–Trinajstić information content (AvgIpc) is 2.76. The summed E-state index contributed by atoms with van der Waals surface area (Å²) in [7, 11) is 0. The maximum absolute atomic E-state index is 6.10. The van der Waals surface area contributed by atoms with Crippen LogP contribution in [0.25, 0.3) is 0 Å². The summed E-state index contributed by atoms with van der Waals surface area (Å²) < 4.78 is 0. The number of halogens is 1.